The van der Waals surface area contributed by atoms with Gasteiger partial charge in [-0.05, 0) is 73.6 Å². The number of likely N-dealkylation sites (tertiary alicyclic amines) is 1. The van der Waals surface area contributed by atoms with Crippen molar-refractivity contribution in [3.8, 4) is 0 Å². The number of amides is 1. The molecule has 2 heterocycles. The van der Waals surface area contributed by atoms with E-state index in [1.54, 1.807) is 47.7 Å². The molecule has 1 amide bonds. The maximum Gasteiger partial charge on any atom is 0.264 e. The van der Waals surface area contributed by atoms with Gasteiger partial charge in [-0.25, -0.2) is 8.42 Å². The minimum absolute atomic E-state index is 0.100. The Morgan fingerprint density at radius 2 is 1.82 bits per heavy atom. The monoisotopic (exact) mass is 483 g/mol. The molecule has 6 nitrogen and oxygen atoms in total. The first-order chi connectivity index (χ1) is 15.9. The van der Waals surface area contributed by atoms with Gasteiger partial charge in [0.05, 0.1) is 10.6 Å². The second-order valence-corrected chi connectivity index (χ2v) is 11.3. The van der Waals surface area contributed by atoms with E-state index in [0.29, 0.717) is 23.7 Å². The zero-order chi connectivity index (χ0) is 23.3. The molecule has 0 atom stereocenters. The van der Waals surface area contributed by atoms with Gasteiger partial charge in [0.1, 0.15) is 0 Å². The highest BCUT2D eigenvalue weighted by molar-refractivity contribution is 7.92. The van der Waals surface area contributed by atoms with E-state index < -0.39 is 10.0 Å². The smallest absolute Gasteiger partial charge is 0.264 e. The number of thiophene rings is 1. The van der Waals surface area contributed by atoms with E-state index in [0.717, 1.165) is 32.5 Å². The largest absolute Gasteiger partial charge is 0.352 e. The Bertz CT molecular complexity index is 1160. The summed E-state index contributed by atoms with van der Waals surface area (Å²) < 4.78 is 27.3. The molecule has 0 unspecified atom stereocenters. The van der Waals surface area contributed by atoms with Crippen LogP contribution in [0.1, 0.15) is 28.1 Å². The van der Waals surface area contributed by atoms with E-state index in [1.165, 1.54) is 28.4 Å². The van der Waals surface area contributed by atoms with Crippen LogP contribution in [-0.4, -0.2) is 45.9 Å². The zero-order valence-corrected chi connectivity index (χ0v) is 20.3. The van der Waals surface area contributed by atoms with Crippen LogP contribution in [-0.2, 0) is 16.6 Å². The standard InChI is InChI=1S/C25H29N3O3S2/c1-27(22-8-3-2-4-9-22)33(30,31)24-11-5-7-21(17-24)25(29)26-18-20-12-14-28(15-13-20)19-23-10-6-16-32-23/h2-11,16-17,20H,12-15,18-19H2,1H3,(H,26,29). The normalized spacial score (nSPS) is 15.3. The maximum absolute atomic E-state index is 13.0. The summed E-state index contributed by atoms with van der Waals surface area (Å²) in [5.74, 6) is 0.195. The molecule has 2 aromatic carbocycles. The summed E-state index contributed by atoms with van der Waals surface area (Å²) in [6, 6.07) is 19.4. The number of rotatable bonds is 8. The predicted octanol–water partition coefficient (Wildman–Crippen LogP) is 4.22. The summed E-state index contributed by atoms with van der Waals surface area (Å²) in [5, 5.41) is 5.11. The van der Waals surface area contributed by atoms with Crippen molar-refractivity contribution in [2.75, 3.05) is 31.0 Å². The quantitative estimate of drug-likeness (QED) is 0.521. The molecule has 0 spiro atoms. The zero-order valence-electron chi connectivity index (χ0n) is 18.7. The minimum Gasteiger partial charge on any atom is -0.352 e. The topological polar surface area (TPSA) is 69.7 Å². The molecule has 1 aromatic heterocycles. The number of nitrogens with zero attached hydrogens (tertiary/aromatic N) is 2. The number of benzene rings is 2. The average Bonchev–Trinajstić information content (AvgIpc) is 3.36. The van der Waals surface area contributed by atoms with Crippen LogP contribution in [0.25, 0.3) is 0 Å². The second-order valence-electron chi connectivity index (χ2n) is 8.34. The van der Waals surface area contributed by atoms with Crippen molar-refractivity contribution in [1.82, 2.24) is 10.2 Å². The summed E-state index contributed by atoms with van der Waals surface area (Å²) in [4.78, 5) is 16.7. The van der Waals surface area contributed by atoms with Gasteiger partial charge in [-0.3, -0.25) is 14.0 Å². The number of carbonyl (C=O) groups is 1. The molecule has 3 aromatic rings. The van der Waals surface area contributed by atoms with Crippen molar-refractivity contribution in [1.29, 1.82) is 0 Å². The van der Waals surface area contributed by atoms with Gasteiger partial charge in [0.25, 0.3) is 15.9 Å². The summed E-state index contributed by atoms with van der Waals surface area (Å²) in [6.45, 7) is 3.65. The van der Waals surface area contributed by atoms with Gasteiger partial charge in [-0.15, -0.1) is 11.3 Å². The van der Waals surface area contributed by atoms with Crippen LogP contribution in [0.2, 0.25) is 0 Å². The number of carbonyl (C=O) groups excluding carboxylic acids is 1. The summed E-state index contributed by atoms with van der Waals surface area (Å²) in [5.41, 5.74) is 0.922. The molecular formula is C25H29N3O3S2. The molecule has 1 aliphatic rings. The summed E-state index contributed by atoms with van der Waals surface area (Å²) in [6.07, 6.45) is 2.09. The van der Waals surface area contributed by atoms with E-state index in [9.17, 15) is 13.2 Å². The second kappa shape index (κ2) is 10.5. The Kier molecular flexibility index (Phi) is 7.47. The van der Waals surface area contributed by atoms with Crippen molar-refractivity contribution < 1.29 is 13.2 Å². The molecule has 0 saturated carbocycles. The van der Waals surface area contributed by atoms with Gasteiger partial charge in [0.2, 0.25) is 0 Å². The molecule has 1 saturated heterocycles. The molecule has 33 heavy (non-hydrogen) atoms. The van der Waals surface area contributed by atoms with Gasteiger partial charge in [0, 0.05) is 30.6 Å². The average molecular weight is 484 g/mol. The molecular weight excluding hydrogens is 454 g/mol. The molecule has 1 fully saturated rings. The highest BCUT2D eigenvalue weighted by atomic mass is 32.2. The number of para-hydroxylation sites is 1. The van der Waals surface area contributed by atoms with Gasteiger partial charge < -0.3 is 5.32 Å². The Labute approximate surface area is 199 Å². The Morgan fingerprint density at radius 3 is 2.52 bits per heavy atom. The highest BCUT2D eigenvalue weighted by Gasteiger charge is 2.23. The van der Waals surface area contributed by atoms with Crippen LogP contribution in [0.15, 0.2) is 77.0 Å². The lowest BCUT2D eigenvalue weighted by Crippen LogP contribution is -2.38. The van der Waals surface area contributed by atoms with E-state index in [4.69, 9.17) is 0 Å². The third kappa shape index (κ3) is 5.82. The number of nitrogens with one attached hydrogen (secondary N) is 1. The number of hydrogen-bond donors (Lipinski definition) is 1. The molecule has 4 rings (SSSR count). The van der Waals surface area contributed by atoms with Crippen LogP contribution in [0.5, 0.6) is 0 Å². The lowest BCUT2D eigenvalue weighted by Gasteiger charge is -2.31. The van der Waals surface area contributed by atoms with Crippen molar-refractivity contribution in [2.24, 2.45) is 5.92 Å². The number of hydrogen-bond acceptors (Lipinski definition) is 5. The molecule has 8 heteroatoms. The Balaban J connectivity index is 1.33. The number of piperidine rings is 1. The van der Waals surface area contributed by atoms with Crippen molar-refractivity contribution in [3.05, 3.63) is 82.6 Å². The fourth-order valence-electron chi connectivity index (χ4n) is 4.04. The molecule has 0 radical (unpaired) electrons. The summed E-state index contributed by atoms with van der Waals surface area (Å²) >= 11 is 1.79. The van der Waals surface area contributed by atoms with Crippen molar-refractivity contribution in [2.45, 2.75) is 24.3 Å². The van der Waals surface area contributed by atoms with Gasteiger partial charge in [-0.2, -0.15) is 0 Å². The van der Waals surface area contributed by atoms with Crippen LogP contribution in [0.4, 0.5) is 5.69 Å². The number of sulfonamides is 1. The van der Waals surface area contributed by atoms with E-state index in [-0.39, 0.29) is 10.8 Å². The first-order valence-electron chi connectivity index (χ1n) is 11.1. The van der Waals surface area contributed by atoms with Crippen molar-refractivity contribution in [3.63, 3.8) is 0 Å². The lowest BCUT2D eigenvalue weighted by atomic mass is 9.96. The van der Waals surface area contributed by atoms with Gasteiger partial charge >= 0.3 is 0 Å². The van der Waals surface area contributed by atoms with E-state index in [2.05, 4.69) is 27.7 Å². The molecule has 1 aliphatic heterocycles. The van der Waals surface area contributed by atoms with Gasteiger partial charge in [0.15, 0.2) is 0 Å². The molecule has 0 bridgehead atoms. The molecule has 174 valence electrons. The number of anilines is 1. The van der Waals surface area contributed by atoms with E-state index >= 15 is 0 Å². The first kappa shape index (κ1) is 23.5. The van der Waals surface area contributed by atoms with Crippen LogP contribution >= 0.6 is 11.3 Å². The highest BCUT2D eigenvalue weighted by Crippen LogP contribution is 2.23. The van der Waals surface area contributed by atoms with Gasteiger partial charge in [-0.1, -0.05) is 30.3 Å². The van der Waals surface area contributed by atoms with E-state index in [1.807, 2.05) is 6.07 Å². The third-order valence-electron chi connectivity index (χ3n) is 6.09. The Hall–Kier alpha value is -2.68. The fraction of sp³-hybridized carbons (Fsp3) is 0.320. The maximum atomic E-state index is 13.0. The SMILES string of the molecule is CN(c1ccccc1)S(=O)(=O)c1cccc(C(=O)NCC2CCN(Cc3cccs3)CC2)c1. The van der Waals surface area contributed by atoms with Crippen LogP contribution < -0.4 is 9.62 Å². The molecule has 0 aliphatic carbocycles. The van der Waals surface area contributed by atoms with Crippen molar-refractivity contribution >= 4 is 33.0 Å². The lowest BCUT2D eigenvalue weighted by molar-refractivity contribution is 0.0935. The predicted molar refractivity (Wildman–Crippen MR) is 133 cm³/mol. The third-order valence-corrected chi connectivity index (χ3v) is 8.74. The first-order valence-corrected chi connectivity index (χ1v) is 13.4. The Morgan fingerprint density at radius 1 is 1.06 bits per heavy atom. The van der Waals surface area contributed by atoms with Crippen LogP contribution in [0, 0.1) is 5.92 Å². The van der Waals surface area contributed by atoms with Crippen LogP contribution in [0.3, 0.4) is 0 Å². The fourth-order valence-corrected chi connectivity index (χ4v) is 6.03. The minimum atomic E-state index is -3.76. The molecule has 1 N–H and O–H groups in total. The summed E-state index contributed by atoms with van der Waals surface area (Å²) in [7, 11) is -2.25.